The zero-order chi connectivity index (χ0) is 13.2. The minimum atomic E-state index is 0.208. The van der Waals surface area contributed by atoms with Gasteiger partial charge in [0.1, 0.15) is 0 Å². The first-order valence-corrected chi connectivity index (χ1v) is 7.87. The van der Waals surface area contributed by atoms with Crippen LogP contribution in [0.25, 0.3) is 9.40 Å². The molecule has 0 radical (unpaired) electrons. The van der Waals surface area contributed by atoms with E-state index in [1.165, 1.54) is 20.0 Å². The number of hydrazine groups is 1. The molecule has 19 heavy (non-hydrogen) atoms. The van der Waals surface area contributed by atoms with E-state index in [1.54, 1.807) is 11.3 Å². The molecule has 0 spiro atoms. The third kappa shape index (κ3) is 2.57. The number of nitrogens with zero attached hydrogens (tertiary/aromatic N) is 2. The van der Waals surface area contributed by atoms with E-state index < -0.39 is 0 Å². The van der Waals surface area contributed by atoms with Gasteiger partial charge in [0.25, 0.3) is 0 Å². The summed E-state index contributed by atoms with van der Waals surface area (Å²) in [6, 6.07) is 6.68. The van der Waals surface area contributed by atoms with Crippen LogP contribution in [0.4, 0.5) is 0 Å². The Hall–Kier alpha value is -1.21. The zero-order valence-electron chi connectivity index (χ0n) is 10.7. The van der Waals surface area contributed by atoms with E-state index in [0.29, 0.717) is 0 Å². The van der Waals surface area contributed by atoms with Gasteiger partial charge in [0, 0.05) is 33.2 Å². The average Bonchev–Trinajstić information content (AvgIpc) is 3.06. The maximum absolute atomic E-state index is 5.71. The smallest absolute Gasteiger partial charge is 0.0557 e. The molecule has 0 amide bonds. The van der Waals surface area contributed by atoms with Gasteiger partial charge in [0.2, 0.25) is 0 Å². The number of aryl methyl sites for hydroxylation is 2. The molecule has 0 bridgehead atoms. The first-order valence-electron chi connectivity index (χ1n) is 6.18. The van der Waals surface area contributed by atoms with Crippen LogP contribution in [0, 0.1) is 0 Å². The van der Waals surface area contributed by atoms with Gasteiger partial charge >= 0.3 is 0 Å². The molecule has 0 aromatic carbocycles. The summed E-state index contributed by atoms with van der Waals surface area (Å²) in [7, 11) is 1.97. The van der Waals surface area contributed by atoms with Crippen molar-refractivity contribution < 1.29 is 0 Å². The minimum Gasteiger partial charge on any atom is -0.273 e. The molecule has 0 saturated heterocycles. The molecule has 0 aliphatic heterocycles. The van der Waals surface area contributed by atoms with Gasteiger partial charge in [-0.25, -0.2) is 0 Å². The van der Waals surface area contributed by atoms with Crippen LogP contribution in [-0.4, -0.2) is 9.78 Å². The maximum Gasteiger partial charge on any atom is 0.0557 e. The maximum atomic E-state index is 5.71. The van der Waals surface area contributed by atoms with Gasteiger partial charge in [-0.1, -0.05) is 0 Å². The van der Waals surface area contributed by atoms with Gasteiger partial charge in [-0.2, -0.15) is 5.10 Å². The highest BCUT2D eigenvalue weighted by Crippen LogP contribution is 2.34. The summed E-state index contributed by atoms with van der Waals surface area (Å²) in [5.41, 5.74) is 4.17. The molecule has 0 aliphatic carbocycles. The molecule has 100 valence electrons. The van der Waals surface area contributed by atoms with Crippen LogP contribution in [0.5, 0.6) is 0 Å². The predicted molar refractivity (Wildman–Crippen MR) is 81.3 cm³/mol. The predicted octanol–water partition coefficient (Wildman–Crippen LogP) is 2.83. The van der Waals surface area contributed by atoms with Crippen molar-refractivity contribution in [3.8, 4) is 0 Å². The lowest BCUT2D eigenvalue weighted by molar-refractivity contribution is 0.514. The van der Waals surface area contributed by atoms with Crippen molar-refractivity contribution in [2.75, 3.05) is 0 Å². The van der Waals surface area contributed by atoms with Crippen LogP contribution in [0.15, 0.2) is 29.8 Å². The van der Waals surface area contributed by atoms with E-state index in [9.17, 15) is 0 Å². The fraction of sp³-hybridized carbons (Fsp3) is 0.308. The number of hydrogen-bond donors (Lipinski definition) is 2. The number of thiophene rings is 2. The molecule has 3 aromatic rings. The summed E-state index contributed by atoms with van der Waals surface area (Å²) in [5, 5.41) is 6.32. The summed E-state index contributed by atoms with van der Waals surface area (Å²) in [5.74, 6) is 5.71. The van der Waals surface area contributed by atoms with Crippen molar-refractivity contribution in [1.29, 1.82) is 0 Å². The van der Waals surface area contributed by atoms with Crippen LogP contribution in [0.3, 0.4) is 0 Å². The van der Waals surface area contributed by atoms with Crippen LogP contribution in [-0.2, 0) is 13.5 Å². The number of nitrogens with two attached hydrogens (primary N) is 1. The van der Waals surface area contributed by atoms with Gasteiger partial charge in [-0.05, 0) is 36.4 Å². The highest BCUT2D eigenvalue weighted by atomic mass is 32.1. The molecule has 0 fully saturated rings. The first kappa shape index (κ1) is 12.8. The second kappa shape index (κ2) is 5.42. The van der Waals surface area contributed by atoms with Gasteiger partial charge in [0.05, 0.1) is 6.04 Å². The Labute approximate surface area is 119 Å². The molecule has 1 unspecified atom stereocenters. The van der Waals surface area contributed by atoms with Gasteiger partial charge in [0.15, 0.2) is 0 Å². The van der Waals surface area contributed by atoms with Crippen LogP contribution in [0.2, 0.25) is 0 Å². The number of hydrogen-bond acceptors (Lipinski definition) is 5. The lowest BCUT2D eigenvalue weighted by Gasteiger charge is -2.13. The molecule has 0 aliphatic rings. The molecular weight excluding hydrogens is 276 g/mol. The molecule has 4 nitrogen and oxygen atoms in total. The molecule has 3 N–H and O–H groups in total. The second-order valence-electron chi connectivity index (χ2n) is 4.50. The van der Waals surface area contributed by atoms with Gasteiger partial charge in [-0.3, -0.25) is 16.0 Å². The fourth-order valence-electron chi connectivity index (χ4n) is 2.20. The molecular formula is C13H16N4S2. The van der Waals surface area contributed by atoms with Crippen molar-refractivity contribution in [3.05, 3.63) is 40.3 Å². The Morgan fingerprint density at radius 3 is 3.00 bits per heavy atom. The normalized spacial score (nSPS) is 13.2. The second-order valence-corrected chi connectivity index (χ2v) is 6.56. The van der Waals surface area contributed by atoms with Crippen molar-refractivity contribution in [2.24, 2.45) is 12.9 Å². The Morgan fingerprint density at radius 2 is 2.32 bits per heavy atom. The van der Waals surface area contributed by atoms with Crippen molar-refractivity contribution in [2.45, 2.75) is 18.9 Å². The summed E-state index contributed by atoms with van der Waals surface area (Å²) in [6.07, 6.45) is 3.78. The third-order valence-electron chi connectivity index (χ3n) is 3.31. The number of aromatic nitrogens is 2. The largest absolute Gasteiger partial charge is 0.273 e. The minimum absolute atomic E-state index is 0.208. The molecule has 1 atom stereocenters. The quantitative estimate of drug-likeness (QED) is 0.561. The average molecular weight is 292 g/mol. The van der Waals surface area contributed by atoms with E-state index in [0.717, 1.165) is 12.8 Å². The standard InChI is InChI=1S/C13H16N4S2/c1-17-9(4-6-15-17)2-3-10(16-14)12-8-13-11(19-12)5-7-18-13/h4-8,10,16H,2-3,14H2,1H3. The molecule has 3 heterocycles. The zero-order valence-corrected chi connectivity index (χ0v) is 12.3. The number of rotatable bonds is 5. The summed E-state index contributed by atoms with van der Waals surface area (Å²) < 4.78 is 4.61. The summed E-state index contributed by atoms with van der Waals surface area (Å²) >= 11 is 3.61. The van der Waals surface area contributed by atoms with E-state index in [4.69, 9.17) is 5.84 Å². The van der Waals surface area contributed by atoms with Crippen LogP contribution < -0.4 is 11.3 Å². The first-order chi connectivity index (χ1) is 9.28. The van der Waals surface area contributed by atoms with E-state index in [-0.39, 0.29) is 6.04 Å². The Kier molecular flexibility index (Phi) is 3.65. The van der Waals surface area contributed by atoms with Crippen LogP contribution in [0.1, 0.15) is 23.0 Å². The molecule has 3 aromatic heterocycles. The highest BCUT2D eigenvalue weighted by molar-refractivity contribution is 7.26. The van der Waals surface area contributed by atoms with Crippen molar-refractivity contribution in [1.82, 2.24) is 15.2 Å². The monoisotopic (exact) mass is 292 g/mol. The van der Waals surface area contributed by atoms with Gasteiger partial charge in [-0.15, -0.1) is 22.7 Å². The topological polar surface area (TPSA) is 55.9 Å². The Balaban J connectivity index is 1.74. The van der Waals surface area contributed by atoms with E-state index >= 15 is 0 Å². The highest BCUT2D eigenvalue weighted by Gasteiger charge is 2.14. The van der Waals surface area contributed by atoms with Gasteiger partial charge < -0.3 is 0 Å². The Bertz CT molecular complexity index is 638. The van der Waals surface area contributed by atoms with Crippen molar-refractivity contribution >= 4 is 32.1 Å². The number of fused-ring (bicyclic) bond motifs is 1. The van der Waals surface area contributed by atoms with Crippen molar-refractivity contribution in [3.63, 3.8) is 0 Å². The molecule has 6 heteroatoms. The number of nitrogens with one attached hydrogen (secondary N) is 1. The third-order valence-corrected chi connectivity index (χ3v) is 5.52. The van der Waals surface area contributed by atoms with E-state index in [1.807, 2.05) is 29.3 Å². The lowest BCUT2D eigenvalue weighted by atomic mass is 10.1. The summed E-state index contributed by atoms with van der Waals surface area (Å²) in [4.78, 5) is 1.31. The SMILES string of the molecule is Cn1nccc1CCC(NN)c1cc2sccc2s1. The van der Waals surface area contributed by atoms with Crippen LogP contribution >= 0.6 is 22.7 Å². The Morgan fingerprint density at radius 1 is 1.42 bits per heavy atom. The molecule has 0 saturated carbocycles. The summed E-state index contributed by atoms with van der Waals surface area (Å²) in [6.45, 7) is 0. The fourth-order valence-corrected chi connectivity index (χ4v) is 4.42. The lowest BCUT2D eigenvalue weighted by Crippen LogP contribution is -2.27. The van der Waals surface area contributed by atoms with E-state index in [2.05, 4.69) is 34.1 Å². The molecule has 3 rings (SSSR count).